The van der Waals surface area contributed by atoms with Gasteiger partial charge in [-0.3, -0.25) is 4.55 Å². The molecule has 0 saturated carbocycles. The zero-order valence-corrected chi connectivity index (χ0v) is 12.8. The van der Waals surface area contributed by atoms with Crippen molar-refractivity contribution in [1.82, 2.24) is 0 Å². The fourth-order valence-electron chi connectivity index (χ4n) is 1.07. The first-order chi connectivity index (χ1) is 9.65. The van der Waals surface area contributed by atoms with Gasteiger partial charge in [0.2, 0.25) is 0 Å². The molecular formula is C14H20O6S. The normalized spacial score (nSPS) is 10.5. The summed E-state index contributed by atoms with van der Waals surface area (Å²) >= 11 is 0. The number of aromatic hydroxyl groups is 1. The summed E-state index contributed by atoms with van der Waals surface area (Å²) in [6.45, 7) is 7.48. The van der Waals surface area contributed by atoms with E-state index in [9.17, 15) is 13.2 Å². The minimum Gasteiger partial charge on any atom is -0.508 e. The third-order valence-corrected chi connectivity index (χ3v) is 2.64. The van der Waals surface area contributed by atoms with E-state index in [0.717, 1.165) is 6.08 Å². The first-order valence-electron chi connectivity index (χ1n) is 6.18. The van der Waals surface area contributed by atoms with Gasteiger partial charge in [0.25, 0.3) is 10.1 Å². The van der Waals surface area contributed by atoms with E-state index in [1.807, 2.05) is 13.8 Å². The Balaban J connectivity index is 0.000000486. The van der Waals surface area contributed by atoms with Gasteiger partial charge in [0.1, 0.15) is 5.75 Å². The maximum absolute atomic E-state index is 11.4. The number of esters is 1. The molecule has 0 amide bonds. The van der Waals surface area contributed by atoms with E-state index >= 15 is 0 Å². The molecule has 0 saturated heterocycles. The molecule has 0 aliphatic carbocycles. The largest absolute Gasteiger partial charge is 0.508 e. The molecule has 21 heavy (non-hydrogen) atoms. The van der Waals surface area contributed by atoms with Gasteiger partial charge in [-0.2, -0.15) is 8.42 Å². The quantitative estimate of drug-likeness (QED) is 0.491. The van der Waals surface area contributed by atoms with Gasteiger partial charge in [0.05, 0.1) is 17.9 Å². The van der Waals surface area contributed by atoms with Gasteiger partial charge in [-0.1, -0.05) is 19.9 Å². The Bertz CT molecular complexity index is 545. The van der Waals surface area contributed by atoms with Crippen molar-refractivity contribution in [2.24, 2.45) is 5.92 Å². The Kier molecular flexibility index (Phi) is 8.34. The number of hydrogen-bond acceptors (Lipinski definition) is 5. The number of benzene rings is 1. The van der Waals surface area contributed by atoms with E-state index in [1.54, 1.807) is 0 Å². The Morgan fingerprint density at radius 1 is 1.33 bits per heavy atom. The molecule has 0 aliphatic heterocycles. The molecule has 1 rings (SSSR count). The summed E-state index contributed by atoms with van der Waals surface area (Å²) in [6, 6.07) is 6.01. The summed E-state index contributed by atoms with van der Waals surface area (Å²) in [5.41, 5.74) is 0.462. The molecule has 7 heteroatoms. The van der Waals surface area contributed by atoms with Crippen molar-refractivity contribution < 1.29 is 27.6 Å². The van der Waals surface area contributed by atoms with Crippen LogP contribution in [-0.2, 0) is 14.9 Å². The maximum Gasteiger partial charge on any atom is 0.338 e. The van der Waals surface area contributed by atoms with Crippen LogP contribution in [0.1, 0.15) is 24.2 Å². The second-order valence-corrected chi connectivity index (χ2v) is 6.07. The van der Waals surface area contributed by atoms with Crippen molar-refractivity contribution in [3.8, 4) is 5.75 Å². The minimum atomic E-state index is -3.79. The molecule has 0 bridgehead atoms. The molecule has 1 aromatic carbocycles. The molecular weight excluding hydrogens is 296 g/mol. The number of phenols is 1. The zero-order chi connectivity index (χ0) is 16.5. The number of phenolic OH excluding ortho intramolecular Hbond substituents is 1. The number of carbonyl (C=O) groups excluding carboxylic acids is 1. The number of rotatable bonds is 5. The van der Waals surface area contributed by atoms with Crippen molar-refractivity contribution in [2.45, 2.75) is 13.8 Å². The molecule has 118 valence electrons. The Morgan fingerprint density at radius 3 is 2.19 bits per heavy atom. The van der Waals surface area contributed by atoms with E-state index in [4.69, 9.17) is 14.4 Å². The summed E-state index contributed by atoms with van der Waals surface area (Å²) < 4.78 is 32.4. The molecule has 0 aliphatic rings. The predicted molar refractivity (Wildman–Crippen MR) is 79.8 cm³/mol. The van der Waals surface area contributed by atoms with Crippen LogP contribution in [0.25, 0.3) is 0 Å². The van der Waals surface area contributed by atoms with Crippen LogP contribution in [0.5, 0.6) is 5.75 Å². The second kappa shape index (κ2) is 9.15. The van der Waals surface area contributed by atoms with Gasteiger partial charge in [-0.15, -0.1) is 6.58 Å². The smallest absolute Gasteiger partial charge is 0.338 e. The van der Waals surface area contributed by atoms with Gasteiger partial charge >= 0.3 is 5.97 Å². The Hall–Kier alpha value is -1.86. The molecule has 1 aromatic rings. The Morgan fingerprint density at radius 2 is 1.86 bits per heavy atom. The zero-order valence-electron chi connectivity index (χ0n) is 12.0. The summed E-state index contributed by atoms with van der Waals surface area (Å²) in [5, 5.41) is 9.00. The molecule has 0 unspecified atom stereocenters. The highest BCUT2D eigenvalue weighted by Crippen LogP contribution is 2.10. The molecule has 6 nitrogen and oxygen atoms in total. The lowest BCUT2D eigenvalue weighted by Gasteiger charge is -2.06. The predicted octanol–water partition coefficient (Wildman–Crippen LogP) is 2.27. The molecule has 0 radical (unpaired) electrons. The molecule has 0 fully saturated rings. The third kappa shape index (κ3) is 10.6. The molecule has 0 spiro atoms. The van der Waals surface area contributed by atoms with E-state index in [2.05, 4.69) is 6.58 Å². The highest BCUT2D eigenvalue weighted by Gasteiger charge is 2.07. The van der Waals surface area contributed by atoms with Crippen LogP contribution in [0.2, 0.25) is 0 Å². The van der Waals surface area contributed by atoms with E-state index in [0.29, 0.717) is 18.1 Å². The number of carbonyl (C=O) groups is 1. The lowest BCUT2D eigenvalue weighted by Crippen LogP contribution is -2.09. The molecule has 2 N–H and O–H groups in total. The van der Waals surface area contributed by atoms with Crippen LogP contribution in [0, 0.1) is 5.92 Å². The highest BCUT2D eigenvalue weighted by atomic mass is 32.2. The first-order valence-corrected chi connectivity index (χ1v) is 7.79. The topological polar surface area (TPSA) is 101 Å². The van der Waals surface area contributed by atoms with Gasteiger partial charge in [0, 0.05) is 0 Å². The van der Waals surface area contributed by atoms with Crippen LogP contribution in [-0.4, -0.2) is 36.4 Å². The number of hydrogen-bond donors (Lipinski definition) is 2. The average Bonchev–Trinajstić information content (AvgIpc) is 2.36. The van der Waals surface area contributed by atoms with Gasteiger partial charge in [-0.05, 0) is 30.2 Å². The minimum absolute atomic E-state index is 0.144. The molecule has 0 heterocycles. The highest BCUT2D eigenvalue weighted by molar-refractivity contribution is 7.85. The summed E-state index contributed by atoms with van der Waals surface area (Å²) in [5.74, 6) is -0.243. The lowest BCUT2D eigenvalue weighted by atomic mass is 10.2. The summed E-state index contributed by atoms with van der Waals surface area (Å²) in [7, 11) is -3.79. The summed E-state index contributed by atoms with van der Waals surface area (Å²) in [4.78, 5) is 11.4. The van der Waals surface area contributed by atoms with Crippen molar-refractivity contribution in [1.29, 1.82) is 0 Å². The van der Waals surface area contributed by atoms with Crippen LogP contribution < -0.4 is 0 Å². The van der Waals surface area contributed by atoms with Crippen molar-refractivity contribution >= 4 is 16.1 Å². The van der Waals surface area contributed by atoms with Gasteiger partial charge in [0.15, 0.2) is 0 Å². The second-order valence-electron chi connectivity index (χ2n) is 4.58. The third-order valence-electron chi connectivity index (χ3n) is 1.98. The molecule has 0 atom stereocenters. The average molecular weight is 316 g/mol. The van der Waals surface area contributed by atoms with Crippen molar-refractivity contribution in [2.75, 3.05) is 12.4 Å². The van der Waals surface area contributed by atoms with Crippen molar-refractivity contribution in [3.63, 3.8) is 0 Å². The fraction of sp³-hybridized carbons (Fsp3) is 0.357. The maximum atomic E-state index is 11.4. The van der Waals surface area contributed by atoms with Gasteiger partial charge in [-0.25, -0.2) is 4.79 Å². The monoisotopic (exact) mass is 316 g/mol. The van der Waals surface area contributed by atoms with Crippen LogP contribution in [0.15, 0.2) is 36.9 Å². The van der Waals surface area contributed by atoms with Crippen molar-refractivity contribution in [3.05, 3.63) is 42.5 Å². The van der Waals surface area contributed by atoms with Crippen LogP contribution >= 0.6 is 0 Å². The first kappa shape index (κ1) is 19.1. The number of ether oxygens (including phenoxy) is 1. The van der Waals surface area contributed by atoms with Crippen LogP contribution in [0.3, 0.4) is 0 Å². The van der Waals surface area contributed by atoms with E-state index in [1.165, 1.54) is 24.3 Å². The SMILES string of the molecule is C=CCS(=O)(=O)O.CC(C)COC(=O)c1ccc(O)cc1. The summed E-state index contributed by atoms with van der Waals surface area (Å²) in [6.07, 6.45) is 1.12. The van der Waals surface area contributed by atoms with E-state index in [-0.39, 0.29) is 17.5 Å². The lowest BCUT2D eigenvalue weighted by molar-refractivity contribution is 0.0459. The van der Waals surface area contributed by atoms with Gasteiger partial charge < -0.3 is 9.84 Å². The fourth-order valence-corrected chi connectivity index (χ4v) is 1.37. The standard InChI is InChI=1S/C11H14O3.C3H6O3S/c1-8(2)7-14-11(13)9-3-5-10(12)6-4-9;1-2-3-7(4,5)6/h3-6,8,12H,7H2,1-2H3;2H,1,3H2,(H,4,5,6). The van der Waals surface area contributed by atoms with Crippen LogP contribution in [0.4, 0.5) is 0 Å². The van der Waals surface area contributed by atoms with E-state index < -0.39 is 10.1 Å². The Labute approximate surface area is 124 Å². The molecule has 0 aromatic heterocycles.